The predicted molar refractivity (Wildman–Crippen MR) is 81.1 cm³/mol. The maximum absolute atomic E-state index is 13.2. The number of hydrogen-bond donors (Lipinski definition) is 1. The molecule has 0 aliphatic rings. The topological polar surface area (TPSA) is 43.1 Å². The summed E-state index contributed by atoms with van der Waals surface area (Å²) in [6.45, 7) is 6.91. The fourth-order valence-electron chi connectivity index (χ4n) is 2.50. The molecule has 20 heavy (non-hydrogen) atoms. The molecule has 0 aliphatic heterocycles. The zero-order valence-electron chi connectivity index (χ0n) is 12.8. The number of halogens is 1. The van der Waals surface area contributed by atoms with Gasteiger partial charge in [-0.25, -0.2) is 4.39 Å². The first-order valence-electron chi connectivity index (χ1n) is 7.40. The molecule has 1 atom stereocenters. The number of hydrogen-bond acceptors (Lipinski definition) is 2. The molecule has 112 valence electrons. The lowest BCUT2D eigenvalue weighted by Gasteiger charge is -2.19. The summed E-state index contributed by atoms with van der Waals surface area (Å²) in [5.74, 6) is 0.947. The summed E-state index contributed by atoms with van der Waals surface area (Å²) in [7, 11) is 0. The Hall–Kier alpha value is -1.22. The molecule has 1 rings (SSSR count). The van der Waals surface area contributed by atoms with E-state index in [0.29, 0.717) is 31.2 Å². The average molecular weight is 279 g/mol. The van der Waals surface area contributed by atoms with Crippen LogP contribution in [0.1, 0.15) is 44.2 Å². The maximum Gasteiger partial charge on any atom is 0.137 e. The van der Waals surface area contributed by atoms with Crippen LogP contribution in [0.25, 0.3) is 0 Å². The number of carbonyl (C=O) groups excluding carboxylic acids is 1. The monoisotopic (exact) mass is 279 g/mol. The Morgan fingerprint density at radius 3 is 2.60 bits per heavy atom. The summed E-state index contributed by atoms with van der Waals surface area (Å²) in [6, 6.07) is 4.62. The fourth-order valence-corrected chi connectivity index (χ4v) is 2.50. The van der Waals surface area contributed by atoms with Crippen LogP contribution in [0.4, 0.5) is 4.39 Å². The van der Waals surface area contributed by atoms with Crippen molar-refractivity contribution < 1.29 is 9.18 Å². The molecule has 0 fully saturated rings. The zero-order chi connectivity index (χ0) is 15.1. The standard InChI is InChI=1S/C17H26FNO/c1-12(2)14(8-9-19)5-7-17(20)11-15-10-16(18)6-4-13(15)3/h4,6,10,12,14H,5,7-9,11,19H2,1-3H3. The van der Waals surface area contributed by atoms with Crippen LogP contribution in [0.15, 0.2) is 18.2 Å². The van der Waals surface area contributed by atoms with Crippen LogP contribution in [-0.4, -0.2) is 12.3 Å². The summed E-state index contributed by atoms with van der Waals surface area (Å²) in [4.78, 5) is 12.1. The molecule has 0 amide bonds. The second kappa shape index (κ2) is 8.15. The highest BCUT2D eigenvalue weighted by molar-refractivity contribution is 5.81. The van der Waals surface area contributed by atoms with Gasteiger partial charge >= 0.3 is 0 Å². The lowest BCUT2D eigenvalue weighted by molar-refractivity contribution is -0.118. The van der Waals surface area contributed by atoms with Gasteiger partial charge in [-0.3, -0.25) is 4.79 Å². The Balaban J connectivity index is 2.53. The van der Waals surface area contributed by atoms with Gasteiger partial charge in [-0.05, 0) is 61.4 Å². The number of ketones is 1. The molecule has 0 aliphatic carbocycles. The zero-order valence-corrected chi connectivity index (χ0v) is 12.8. The van der Waals surface area contributed by atoms with Gasteiger partial charge in [0.1, 0.15) is 11.6 Å². The minimum absolute atomic E-state index is 0.182. The van der Waals surface area contributed by atoms with E-state index in [-0.39, 0.29) is 11.6 Å². The van der Waals surface area contributed by atoms with Crippen molar-refractivity contribution in [1.29, 1.82) is 0 Å². The highest BCUT2D eigenvalue weighted by Gasteiger charge is 2.15. The molecular formula is C17H26FNO. The molecule has 0 aromatic heterocycles. The molecule has 0 radical (unpaired) electrons. The normalized spacial score (nSPS) is 12.7. The van der Waals surface area contributed by atoms with E-state index in [0.717, 1.165) is 24.0 Å². The van der Waals surface area contributed by atoms with E-state index in [1.165, 1.54) is 12.1 Å². The summed E-state index contributed by atoms with van der Waals surface area (Å²) in [5, 5.41) is 0. The van der Waals surface area contributed by atoms with Crippen LogP contribution in [0, 0.1) is 24.6 Å². The molecule has 0 saturated heterocycles. The average Bonchev–Trinajstić information content (AvgIpc) is 2.38. The van der Waals surface area contributed by atoms with Gasteiger partial charge in [0.2, 0.25) is 0 Å². The SMILES string of the molecule is Cc1ccc(F)cc1CC(=O)CCC(CCN)C(C)C. The van der Waals surface area contributed by atoms with Crippen LogP contribution < -0.4 is 5.73 Å². The molecule has 3 heteroatoms. The highest BCUT2D eigenvalue weighted by atomic mass is 19.1. The van der Waals surface area contributed by atoms with Crippen molar-refractivity contribution >= 4 is 5.78 Å². The molecule has 0 saturated carbocycles. The molecular weight excluding hydrogens is 253 g/mol. The van der Waals surface area contributed by atoms with Gasteiger partial charge in [-0.15, -0.1) is 0 Å². The van der Waals surface area contributed by atoms with Gasteiger partial charge in [0.15, 0.2) is 0 Å². The van der Waals surface area contributed by atoms with Gasteiger partial charge in [0, 0.05) is 12.8 Å². The smallest absolute Gasteiger partial charge is 0.137 e. The quantitative estimate of drug-likeness (QED) is 0.789. The van der Waals surface area contributed by atoms with Gasteiger partial charge in [0.05, 0.1) is 0 Å². The maximum atomic E-state index is 13.2. The van der Waals surface area contributed by atoms with E-state index in [2.05, 4.69) is 13.8 Å². The molecule has 0 spiro atoms. The molecule has 1 aromatic carbocycles. The van der Waals surface area contributed by atoms with Crippen molar-refractivity contribution in [2.75, 3.05) is 6.54 Å². The number of benzene rings is 1. The summed E-state index contributed by atoms with van der Waals surface area (Å²) >= 11 is 0. The molecule has 1 aromatic rings. The van der Waals surface area contributed by atoms with Crippen molar-refractivity contribution in [2.45, 2.75) is 46.5 Å². The van der Waals surface area contributed by atoms with E-state index in [1.807, 2.05) is 6.92 Å². The minimum atomic E-state index is -0.276. The number of rotatable bonds is 8. The second-order valence-corrected chi connectivity index (χ2v) is 5.91. The fraction of sp³-hybridized carbons (Fsp3) is 0.588. The highest BCUT2D eigenvalue weighted by Crippen LogP contribution is 2.21. The third-order valence-corrected chi connectivity index (χ3v) is 3.97. The third-order valence-electron chi connectivity index (χ3n) is 3.97. The van der Waals surface area contributed by atoms with Gasteiger partial charge in [0.25, 0.3) is 0 Å². The van der Waals surface area contributed by atoms with Crippen LogP contribution in [0.3, 0.4) is 0 Å². The van der Waals surface area contributed by atoms with E-state index >= 15 is 0 Å². The Morgan fingerprint density at radius 2 is 2.00 bits per heavy atom. The van der Waals surface area contributed by atoms with Crippen LogP contribution in [0.2, 0.25) is 0 Å². The first-order chi connectivity index (χ1) is 9.43. The Morgan fingerprint density at radius 1 is 1.30 bits per heavy atom. The first-order valence-corrected chi connectivity index (χ1v) is 7.40. The van der Waals surface area contributed by atoms with E-state index in [4.69, 9.17) is 5.73 Å². The van der Waals surface area contributed by atoms with Crippen molar-refractivity contribution in [2.24, 2.45) is 17.6 Å². The van der Waals surface area contributed by atoms with Crippen molar-refractivity contribution in [3.63, 3.8) is 0 Å². The van der Waals surface area contributed by atoms with Crippen molar-refractivity contribution in [3.8, 4) is 0 Å². The lowest BCUT2D eigenvalue weighted by atomic mass is 9.87. The van der Waals surface area contributed by atoms with E-state index in [1.54, 1.807) is 6.07 Å². The summed E-state index contributed by atoms with van der Waals surface area (Å²) in [6.07, 6.45) is 2.72. The molecule has 2 N–H and O–H groups in total. The minimum Gasteiger partial charge on any atom is -0.330 e. The van der Waals surface area contributed by atoms with Crippen molar-refractivity contribution in [3.05, 3.63) is 35.1 Å². The number of Topliss-reactive ketones (excluding diaryl/α,β-unsaturated/α-hetero) is 1. The van der Waals surface area contributed by atoms with Crippen LogP contribution >= 0.6 is 0 Å². The van der Waals surface area contributed by atoms with E-state index in [9.17, 15) is 9.18 Å². The Labute approximate surface area is 121 Å². The largest absolute Gasteiger partial charge is 0.330 e. The predicted octanol–water partition coefficient (Wildman–Crippen LogP) is 3.65. The van der Waals surface area contributed by atoms with Gasteiger partial charge < -0.3 is 5.73 Å². The number of carbonyl (C=O) groups is 1. The number of aryl methyl sites for hydroxylation is 1. The van der Waals surface area contributed by atoms with Crippen LogP contribution in [-0.2, 0) is 11.2 Å². The lowest BCUT2D eigenvalue weighted by Crippen LogP contribution is -2.16. The third kappa shape index (κ3) is 5.41. The summed E-state index contributed by atoms with van der Waals surface area (Å²) < 4.78 is 13.2. The van der Waals surface area contributed by atoms with Crippen LogP contribution in [0.5, 0.6) is 0 Å². The molecule has 0 heterocycles. The van der Waals surface area contributed by atoms with Gasteiger partial charge in [-0.2, -0.15) is 0 Å². The molecule has 1 unspecified atom stereocenters. The van der Waals surface area contributed by atoms with Crippen molar-refractivity contribution in [1.82, 2.24) is 0 Å². The Bertz CT molecular complexity index is 443. The molecule has 0 bridgehead atoms. The second-order valence-electron chi connectivity index (χ2n) is 5.91. The molecule has 2 nitrogen and oxygen atoms in total. The summed E-state index contributed by atoms with van der Waals surface area (Å²) in [5.41, 5.74) is 7.38. The number of nitrogens with two attached hydrogens (primary N) is 1. The van der Waals surface area contributed by atoms with Gasteiger partial charge in [-0.1, -0.05) is 19.9 Å². The first kappa shape index (κ1) is 16.8. The Kier molecular flexibility index (Phi) is 6.86. The van der Waals surface area contributed by atoms with E-state index < -0.39 is 0 Å².